The van der Waals surface area contributed by atoms with E-state index >= 15 is 0 Å². The monoisotopic (exact) mass is 252 g/mol. The molecule has 1 amide bonds. The van der Waals surface area contributed by atoms with Gasteiger partial charge in [0.05, 0.1) is 25.0 Å². The molecule has 1 aromatic heterocycles. The van der Waals surface area contributed by atoms with E-state index in [0.717, 1.165) is 30.8 Å². The molecule has 0 aromatic carbocycles. The van der Waals surface area contributed by atoms with Crippen LogP contribution in [0.15, 0.2) is 6.20 Å². The second kappa shape index (κ2) is 5.39. The molecule has 0 aliphatic carbocycles. The molecule has 2 atom stereocenters. The number of hydrogen-bond acceptors (Lipinski definition) is 4. The third-order valence-electron chi connectivity index (χ3n) is 3.52. The van der Waals surface area contributed by atoms with Crippen LogP contribution in [0, 0.1) is 0 Å². The highest BCUT2D eigenvalue weighted by molar-refractivity contribution is 5.81. The zero-order valence-electron chi connectivity index (χ0n) is 11.1. The molecule has 1 saturated heterocycles. The summed E-state index contributed by atoms with van der Waals surface area (Å²) in [6.45, 7) is 0.830. The van der Waals surface area contributed by atoms with Crippen molar-refractivity contribution < 1.29 is 9.53 Å². The van der Waals surface area contributed by atoms with Gasteiger partial charge in [-0.05, 0) is 19.4 Å². The van der Waals surface area contributed by atoms with Gasteiger partial charge in [-0.15, -0.1) is 0 Å². The van der Waals surface area contributed by atoms with Crippen LogP contribution in [-0.2, 0) is 11.8 Å². The molecule has 18 heavy (non-hydrogen) atoms. The van der Waals surface area contributed by atoms with Gasteiger partial charge in [-0.2, -0.15) is 5.10 Å². The van der Waals surface area contributed by atoms with Gasteiger partial charge in [-0.25, -0.2) is 0 Å². The molecule has 100 valence electrons. The van der Waals surface area contributed by atoms with E-state index in [9.17, 15) is 4.79 Å². The summed E-state index contributed by atoms with van der Waals surface area (Å²) in [4.78, 5) is 11.7. The fourth-order valence-corrected chi connectivity index (χ4v) is 2.59. The van der Waals surface area contributed by atoms with Crippen molar-refractivity contribution in [3.05, 3.63) is 11.9 Å². The molecule has 1 aliphatic heterocycles. The number of rotatable bonds is 3. The lowest BCUT2D eigenvalue weighted by Gasteiger charge is -2.29. The Morgan fingerprint density at radius 3 is 3.11 bits per heavy atom. The number of piperidine rings is 1. The zero-order valence-corrected chi connectivity index (χ0v) is 11.1. The van der Waals surface area contributed by atoms with Crippen LogP contribution in [0.2, 0.25) is 0 Å². The maximum absolute atomic E-state index is 11.7. The topological polar surface area (TPSA) is 68.2 Å². The fourth-order valence-electron chi connectivity index (χ4n) is 2.59. The summed E-state index contributed by atoms with van der Waals surface area (Å²) in [5, 5.41) is 10.1. The van der Waals surface area contributed by atoms with Crippen LogP contribution in [0.3, 0.4) is 0 Å². The minimum atomic E-state index is -0.131. The Hall–Kier alpha value is -1.56. The van der Waals surface area contributed by atoms with E-state index in [1.54, 1.807) is 20.4 Å². The van der Waals surface area contributed by atoms with Gasteiger partial charge in [-0.3, -0.25) is 9.48 Å². The first kappa shape index (κ1) is 12.9. The number of amides is 1. The number of aryl methyl sites for hydroxylation is 1. The van der Waals surface area contributed by atoms with Crippen molar-refractivity contribution in [1.82, 2.24) is 20.4 Å². The summed E-state index contributed by atoms with van der Waals surface area (Å²) in [5.74, 6) is 1.15. The van der Waals surface area contributed by atoms with Gasteiger partial charge in [0.2, 0.25) is 5.91 Å². The van der Waals surface area contributed by atoms with Crippen LogP contribution in [-0.4, -0.2) is 42.4 Å². The van der Waals surface area contributed by atoms with Crippen LogP contribution in [0.5, 0.6) is 5.75 Å². The smallest absolute Gasteiger partial charge is 0.236 e. The van der Waals surface area contributed by atoms with Crippen molar-refractivity contribution in [1.29, 1.82) is 0 Å². The normalized spacial score (nSPS) is 23.7. The second-order valence-electron chi connectivity index (χ2n) is 4.56. The second-order valence-corrected chi connectivity index (χ2v) is 4.56. The molecule has 6 heteroatoms. The lowest BCUT2D eigenvalue weighted by Crippen LogP contribution is -2.47. The largest absolute Gasteiger partial charge is 0.493 e. The van der Waals surface area contributed by atoms with E-state index in [1.807, 2.05) is 11.7 Å². The summed E-state index contributed by atoms with van der Waals surface area (Å²) in [7, 11) is 5.23. The predicted molar refractivity (Wildman–Crippen MR) is 67.6 cm³/mol. The highest BCUT2D eigenvalue weighted by atomic mass is 16.5. The predicted octanol–water partition coefficient (Wildman–Crippen LogP) is 0.0103. The van der Waals surface area contributed by atoms with Crippen molar-refractivity contribution >= 4 is 5.91 Å². The van der Waals surface area contributed by atoms with E-state index in [-0.39, 0.29) is 11.9 Å². The molecule has 0 radical (unpaired) electrons. The van der Waals surface area contributed by atoms with Gasteiger partial charge < -0.3 is 15.4 Å². The van der Waals surface area contributed by atoms with E-state index in [2.05, 4.69) is 15.7 Å². The Morgan fingerprint density at radius 1 is 1.67 bits per heavy atom. The first-order valence-electron chi connectivity index (χ1n) is 6.18. The maximum Gasteiger partial charge on any atom is 0.236 e. The number of carbonyl (C=O) groups is 1. The summed E-state index contributed by atoms with van der Waals surface area (Å²) >= 11 is 0. The molecule has 2 N–H and O–H groups in total. The van der Waals surface area contributed by atoms with Crippen LogP contribution < -0.4 is 15.4 Å². The van der Waals surface area contributed by atoms with Crippen molar-refractivity contribution in [2.24, 2.45) is 7.05 Å². The molecule has 1 aromatic rings. The van der Waals surface area contributed by atoms with E-state index in [1.165, 1.54) is 0 Å². The highest BCUT2D eigenvalue weighted by Crippen LogP contribution is 2.33. The summed E-state index contributed by atoms with van der Waals surface area (Å²) in [5.41, 5.74) is 1.08. The molecule has 0 bridgehead atoms. The SMILES string of the molecule is CNC(=O)C1CC(c2c(OC)cnn2C)CCN1. The average Bonchev–Trinajstić information content (AvgIpc) is 2.79. The Kier molecular flexibility index (Phi) is 3.86. The number of nitrogens with one attached hydrogen (secondary N) is 2. The number of likely N-dealkylation sites (N-methyl/N-ethyl adjacent to an activating group) is 1. The molecular formula is C12H20N4O2. The number of ether oxygens (including phenoxy) is 1. The van der Waals surface area contributed by atoms with E-state index in [4.69, 9.17) is 4.74 Å². The van der Waals surface area contributed by atoms with Crippen LogP contribution in [0.4, 0.5) is 0 Å². The number of methoxy groups -OCH3 is 1. The van der Waals surface area contributed by atoms with Crippen LogP contribution in [0.1, 0.15) is 24.5 Å². The Bertz CT molecular complexity index is 430. The van der Waals surface area contributed by atoms with Gasteiger partial charge >= 0.3 is 0 Å². The van der Waals surface area contributed by atoms with Crippen molar-refractivity contribution in [2.45, 2.75) is 24.8 Å². The molecule has 0 spiro atoms. The molecule has 0 saturated carbocycles. The van der Waals surface area contributed by atoms with Crippen LogP contribution in [0.25, 0.3) is 0 Å². The Labute approximate surface area is 107 Å². The lowest BCUT2D eigenvalue weighted by molar-refractivity contribution is -0.123. The number of hydrogen-bond donors (Lipinski definition) is 2. The molecule has 6 nitrogen and oxygen atoms in total. The third-order valence-corrected chi connectivity index (χ3v) is 3.52. The third kappa shape index (κ3) is 2.33. The highest BCUT2D eigenvalue weighted by Gasteiger charge is 2.30. The summed E-state index contributed by atoms with van der Waals surface area (Å²) < 4.78 is 7.18. The van der Waals surface area contributed by atoms with E-state index < -0.39 is 0 Å². The molecular weight excluding hydrogens is 232 g/mol. The first-order valence-corrected chi connectivity index (χ1v) is 6.18. The van der Waals surface area contributed by atoms with E-state index in [0.29, 0.717) is 5.92 Å². The van der Waals surface area contributed by atoms with Gasteiger partial charge in [0, 0.05) is 20.0 Å². The van der Waals surface area contributed by atoms with Gasteiger partial charge in [0.15, 0.2) is 5.75 Å². The minimum Gasteiger partial charge on any atom is -0.493 e. The molecule has 1 aliphatic rings. The number of aromatic nitrogens is 2. The summed E-state index contributed by atoms with van der Waals surface area (Å²) in [6, 6.07) is -0.131. The van der Waals surface area contributed by atoms with Gasteiger partial charge in [-0.1, -0.05) is 0 Å². The molecule has 2 unspecified atom stereocenters. The van der Waals surface area contributed by atoms with Gasteiger partial charge in [0.25, 0.3) is 0 Å². The standard InChI is InChI=1S/C12H20N4O2/c1-13-12(17)9-6-8(4-5-14-9)11-10(18-3)7-15-16(11)2/h7-9,14H,4-6H2,1-3H3,(H,13,17). The lowest BCUT2D eigenvalue weighted by atomic mass is 9.89. The quantitative estimate of drug-likeness (QED) is 0.795. The fraction of sp³-hybridized carbons (Fsp3) is 0.667. The Morgan fingerprint density at radius 2 is 2.44 bits per heavy atom. The van der Waals surface area contributed by atoms with Crippen molar-refractivity contribution in [3.63, 3.8) is 0 Å². The molecule has 2 heterocycles. The van der Waals surface area contributed by atoms with Crippen LogP contribution >= 0.6 is 0 Å². The van der Waals surface area contributed by atoms with Crippen molar-refractivity contribution in [3.8, 4) is 5.75 Å². The number of carbonyl (C=O) groups excluding carboxylic acids is 1. The van der Waals surface area contributed by atoms with Crippen molar-refractivity contribution in [2.75, 3.05) is 20.7 Å². The summed E-state index contributed by atoms with van der Waals surface area (Å²) in [6.07, 6.45) is 3.49. The van der Waals surface area contributed by atoms with Gasteiger partial charge in [0.1, 0.15) is 0 Å². The Balaban J connectivity index is 2.17. The average molecular weight is 252 g/mol. The molecule has 2 rings (SSSR count). The maximum atomic E-state index is 11.7. The minimum absolute atomic E-state index is 0.0424. The zero-order chi connectivity index (χ0) is 13.1. The molecule has 1 fully saturated rings. The number of nitrogens with zero attached hydrogens (tertiary/aromatic N) is 2. The first-order chi connectivity index (χ1) is 8.67.